The van der Waals surface area contributed by atoms with E-state index >= 15 is 0 Å². The molecule has 2 rings (SSSR count). The molecule has 5 heteroatoms. The van der Waals surface area contributed by atoms with Gasteiger partial charge in [-0.25, -0.2) is 0 Å². The van der Waals surface area contributed by atoms with E-state index in [2.05, 4.69) is 5.32 Å². The number of halogens is 1. The molecule has 1 heterocycles. The predicted molar refractivity (Wildman–Crippen MR) is 72.7 cm³/mol. The fraction of sp³-hybridized carbons (Fsp3) is 0.462. The van der Waals surface area contributed by atoms with Crippen LogP contribution in [0.15, 0.2) is 18.2 Å². The van der Waals surface area contributed by atoms with Crippen LogP contribution in [0.1, 0.15) is 19.3 Å². The van der Waals surface area contributed by atoms with Crippen LogP contribution in [0.3, 0.4) is 0 Å². The molecule has 0 aromatic heterocycles. The summed E-state index contributed by atoms with van der Waals surface area (Å²) >= 11 is 6.00. The van der Waals surface area contributed by atoms with Gasteiger partial charge in [0.2, 0.25) is 5.91 Å². The summed E-state index contributed by atoms with van der Waals surface area (Å²) in [5.41, 5.74) is 6.80. The van der Waals surface area contributed by atoms with Crippen LogP contribution in [-0.2, 0) is 9.53 Å². The molecule has 98 valence electrons. The van der Waals surface area contributed by atoms with Crippen molar-refractivity contribution < 1.29 is 9.53 Å². The molecule has 0 radical (unpaired) electrons. The smallest absolute Gasteiger partial charge is 0.224 e. The molecule has 18 heavy (non-hydrogen) atoms. The molecule has 1 saturated heterocycles. The summed E-state index contributed by atoms with van der Waals surface area (Å²) < 4.78 is 5.27. The number of ether oxygens (including phenoxy) is 1. The van der Waals surface area contributed by atoms with Crippen LogP contribution >= 0.6 is 11.6 Å². The molecule has 0 atom stereocenters. The highest BCUT2D eigenvalue weighted by atomic mass is 35.5. The van der Waals surface area contributed by atoms with E-state index in [1.165, 1.54) is 0 Å². The lowest BCUT2D eigenvalue weighted by Gasteiger charge is -2.21. The molecule has 1 aliphatic rings. The Morgan fingerprint density at radius 1 is 1.44 bits per heavy atom. The van der Waals surface area contributed by atoms with Gasteiger partial charge >= 0.3 is 0 Å². The van der Waals surface area contributed by atoms with Crippen molar-refractivity contribution in [1.29, 1.82) is 0 Å². The van der Waals surface area contributed by atoms with Gasteiger partial charge in [-0.15, -0.1) is 0 Å². The van der Waals surface area contributed by atoms with E-state index in [0.29, 0.717) is 28.7 Å². The maximum atomic E-state index is 11.9. The highest BCUT2D eigenvalue weighted by Gasteiger charge is 2.17. The predicted octanol–water partition coefficient (Wildman–Crippen LogP) is 2.68. The lowest BCUT2D eigenvalue weighted by atomic mass is 9.96. The number of nitrogens with two attached hydrogens (primary N) is 1. The van der Waals surface area contributed by atoms with Gasteiger partial charge in [-0.1, -0.05) is 11.6 Å². The van der Waals surface area contributed by atoms with Gasteiger partial charge in [-0.05, 0) is 37.0 Å². The first-order valence-corrected chi connectivity index (χ1v) is 6.45. The fourth-order valence-electron chi connectivity index (χ4n) is 2.05. The molecule has 1 fully saturated rings. The zero-order valence-corrected chi connectivity index (χ0v) is 10.9. The normalized spacial score (nSPS) is 16.5. The highest BCUT2D eigenvalue weighted by Crippen LogP contribution is 2.25. The topological polar surface area (TPSA) is 64.3 Å². The van der Waals surface area contributed by atoms with Crippen LogP contribution in [0.2, 0.25) is 5.02 Å². The van der Waals surface area contributed by atoms with E-state index in [4.69, 9.17) is 22.1 Å². The Morgan fingerprint density at radius 3 is 2.83 bits per heavy atom. The number of anilines is 2. The number of hydrogen-bond donors (Lipinski definition) is 2. The quantitative estimate of drug-likeness (QED) is 0.829. The minimum Gasteiger partial charge on any atom is -0.399 e. The molecule has 0 aliphatic carbocycles. The minimum atomic E-state index is -0.00595. The monoisotopic (exact) mass is 268 g/mol. The van der Waals surface area contributed by atoms with Gasteiger partial charge in [0.1, 0.15) is 0 Å². The zero-order chi connectivity index (χ0) is 13.0. The van der Waals surface area contributed by atoms with Gasteiger partial charge in [0, 0.05) is 25.3 Å². The van der Waals surface area contributed by atoms with Crippen molar-refractivity contribution in [2.75, 3.05) is 24.3 Å². The van der Waals surface area contributed by atoms with Crippen molar-refractivity contribution in [3.63, 3.8) is 0 Å². The summed E-state index contributed by atoms with van der Waals surface area (Å²) in [6, 6.07) is 5.07. The average molecular weight is 269 g/mol. The van der Waals surface area contributed by atoms with E-state index in [-0.39, 0.29) is 5.91 Å². The number of carbonyl (C=O) groups excluding carboxylic acids is 1. The van der Waals surface area contributed by atoms with Gasteiger partial charge in [-0.3, -0.25) is 4.79 Å². The van der Waals surface area contributed by atoms with Gasteiger partial charge < -0.3 is 15.8 Å². The van der Waals surface area contributed by atoms with E-state index in [0.717, 1.165) is 26.1 Å². The Labute approximate surface area is 111 Å². The van der Waals surface area contributed by atoms with Gasteiger partial charge in [0.15, 0.2) is 0 Å². The molecule has 1 aromatic rings. The number of nitrogen functional groups attached to an aromatic ring is 1. The Morgan fingerprint density at radius 2 is 2.17 bits per heavy atom. The molecule has 0 bridgehead atoms. The van der Waals surface area contributed by atoms with E-state index in [1.54, 1.807) is 18.2 Å². The van der Waals surface area contributed by atoms with Crippen LogP contribution < -0.4 is 11.1 Å². The second-order valence-electron chi connectivity index (χ2n) is 4.55. The first-order chi connectivity index (χ1) is 8.65. The van der Waals surface area contributed by atoms with Crippen molar-refractivity contribution >= 4 is 28.9 Å². The third kappa shape index (κ3) is 3.62. The molecule has 0 unspecified atom stereocenters. The summed E-state index contributed by atoms with van der Waals surface area (Å²) in [4.78, 5) is 11.9. The molecule has 1 aliphatic heterocycles. The number of carbonyl (C=O) groups is 1. The summed E-state index contributed by atoms with van der Waals surface area (Å²) in [5, 5.41) is 3.29. The number of benzene rings is 1. The maximum Gasteiger partial charge on any atom is 0.224 e. The van der Waals surface area contributed by atoms with E-state index < -0.39 is 0 Å². The van der Waals surface area contributed by atoms with Crippen LogP contribution in [0, 0.1) is 5.92 Å². The molecule has 0 spiro atoms. The molecule has 3 N–H and O–H groups in total. The SMILES string of the molecule is Nc1ccc(NC(=O)CC2CCOCC2)c(Cl)c1. The Hall–Kier alpha value is -1.26. The lowest BCUT2D eigenvalue weighted by molar-refractivity contribution is -0.117. The number of hydrogen-bond acceptors (Lipinski definition) is 3. The van der Waals surface area contributed by atoms with E-state index in [1.807, 2.05) is 0 Å². The van der Waals surface area contributed by atoms with Gasteiger partial charge in [-0.2, -0.15) is 0 Å². The molecular weight excluding hydrogens is 252 g/mol. The zero-order valence-electron chi connectivity index (χ0n) is 10.1. The molecule has 1 aromatic carbocycles. The molecular formula is C13H17ClN2O2. The first kappa shape index (κ1) is 13.2. The molecule has 0 saturated carbocycles. The highest BCUT2D eigenvalue weighted by molar-refractivity contribution is 6.34. The second kappa shape index (κ2) is 6.07. The van der Waals surface area contributed by atoms with Crippen LogP contribution in [0.5, 0.6) is 0 Å². The maximum absolute atomic E-state index is 11.9. The number of rotatable bonds is 3. The summed E-state index contributed by atoms with van der Waals surface area (Å²) in [6.07, 6.45) is 2.41. The third-order valence-electron chi connectivity index (χ3n) is 3.08. The largest absolute Gasteiger partial charge is 0.399 e. The summed E-state index contributed by atoms with van der Waals surface area (Å²) in [6.45, 7) is 1.50. The minimum absolute atomic E-state index is 0.00595. The van der Waals surface area contributed by atoms with Crippen LogP contribution in [-0.4, -0.2) is 19.1 Å². The molecule has 4 nitrogen and oxygen atoms in total. The lowest BCUT2D eigenvalue weighted by Crippen LogP contribution is -2.22. The number of nitrogens with one attached hydrogen (secondary N) is 1. The van der Waals surface area contributed by atoms with Crippen molar-refractivity contribution in [1.82, 2.24) is 0 Å². The summed E-state index contributed by atoms with van der Waals surface area (Å²) in [5.74, 6) is 0.403. The van der Waals surface area contributed by atoms with Crippen molar-refractivity contribution in [3.05, 3.63) is 23.2 Å². The second-order valence-corrected chi connectivity index (χ2v) is 4.95. The van der Waals surface area contributed by atoms with Gasteiger partial charge in [0.05, 0.1) is 10.7 Å². The Bertz CT molecular complexity index is 431. The van der Waals surface area contributed by atoms with Crippen molar-refractivity contribution in [2.45, 2.75) is 19.3 Å². The first-order valence-electron chi connectivity index (χ1n) is 6.08. The van der Waals surface area contributed by atoms with Crippen molar-refractivity contribution in [3.8, 4) is 0 Å². The van der Waals surface area contributed by atoms with Crippen LogP contribution in [0.25, 0.3) is 0 Å². The Kier molecular flexibility index (Phi) is 4.44. The van der Waals surface area contributed by atoms with E-state index in [9.17, 15) is 4.79 Å². The standard InChI is InChI=1S/C13H17ClN2O2/c14-11-8-10(15)1-2-12(11)16-13(17)7-9-3-5-18-6-4-9/h1-2,8-9H,3-7,15H2,(H,16,17). The van der Waals surface area contributed by atoms with Crippen molar-refractivity contribution in [2.24, 2.45) is 5.92 Å². The van der Waals surface area contributed by atoms with Crippen LogP contribution in [0.4, 0.5) is 11.4 Å². The average Bonchev–Trinajstić information content (AvgIpc) is 2.34. The Balaban J connectivity index is 1.90. The fourth-order valence-corrected chi connectivity index (χ4v) is 2.28. The summed E-state index contributed by atoms with van der Waals surface area (Å²) in [7, 11) is 0. The molecule has 1 amide bonds. The third-order valence-corrected chi connectivity index (χ3v) is 3.39. The van der Waals surface area contributed by atoms with Gasteiger partial charge in [0.25, 0.3) is 0 Å². The number of amides is 1.